The van der Waals surface area contributed by atoms with Crippen molar-refractivity contribution >= 4 is 28.6 Å². The lowest BCUT2D eigenvalue weighted by Gasteiger charge is -2.36. The quantitative estimate of drug-likeness (QED) is 0.0955. The first-order valence-electron chi connectivity index (χ1n) is 15.9. The summed E-state index contributed by atoms with van der Waals surface area (Å²) >= 11 is 0. The number of aromatic nitrogens is 2. The van der Waals surface area contributed by atoms with E-state index < -0.39 is 0 Å². The lowest BCUT2D eigenvalue weighted by atomic mass is 10.1. The number of imidazole rings is 1. The van der Waals surface area contributed by atoms with Crippen molar-refractivity contribution in [2.75, 3.05) is 37.6 Å². The number of hydrogen-bond donors (Lipinski definition) is 3. The molecule has 4 aromatic carbocycles. The van der Waals surface area contributed by atoms with E-state index in [0.717, 1.165) is 22.5 Å². The SMILES string of the molecule is C=C(N)[C@H](CCCN=C(N)N)n1c(-c2cccc(Oc3ccccc3)c2)nc2cc(C(=O)N3CCN(c4ccc(F)cc4)CC3)ccc21. The van der Waals surface area contributed by atoms with Gasteiger partial charge in [0.25, 0.3) is 5.91 Å². The number of halogens is 1. The number of nitrogens with zero attached hydrogens (tertiary/aromatic N) is 5. The number of allylic oxidation sites excluding steroid dienone is 1. The summed E-state index contributed by atoms with van der Waals surface area (Å²) in [4.78, 5) is 26.9. The normalized spacial score (nSPS) is 13.7. The molecule has 0 aliphatic carbocycles. The lowest BCUT2D eigenvalue weighted by molar-refractivity contribution is 0.0747. The number of anilines is 1. The number of para-hydroxylation sites is 1. The molecular formula is C37H39FN8O2. The molecule has 6 N–H and O–H groups in total. The second-order valence-electron chi connectivity index (χ2n) is 11.7. The molecule has 48 heavy (non-hydrogen) atoms. The van der Waals surface area contributed by atoms with Crippen molar-refractivity contribution in [1.29, 1.82) is 0 Å². The van der Waals surface area contributed by atoms with Crippen LogP contribution in [0.4, 0.5) is 10.1 Å². The fourth-order valence-electron chi connectivity index (χ4n) is 6.05. The molecule has 0 spiro atoms. The van der Waals surface area contributed by atoms with Crippen LogP contribution in [-0.2, 0) is 0 Å². The van der Waals surface area contributed by atoms with Crippen molar-refractivity contribution in [3.63, 3.8) is 0 Å². The second-order valence-corrected chi connectivity index (χ2v) is 11.7. The zero-order valence-electron chi connectivity index (χ0n) is 26.6. The van der Waals surface area contributed by atoms with Crippen LogP contribution in [0.2, 0.25) is 0 Å². The molecule has 6 rings (SSSR count). The number of ether oxygens (including phenoxy) is 1. The van der Waals surface area contributed by atoms with Crippen molar-refractivity contribution in [1.82, 2.24) is 14.5 Å². The zero-order chi connectivity index (χ0) is 33.6. The topological polar surface area (TPSA) is 141 Å². The Bertz CT molecular complexity index is 1930. The summed E-state index contributed by atoms with van der Waals surface area (Å²) in [5, 5.41) is 0. The first-order valence-corrected chi connectivity index (χ1v) is 15.9. The van der Waals surface area contributed by atoms with E-state index in [1.54, 1.807) is 12.1 Å². The first-order chi connectivity index (χ1) is 23.3. The molecule has 10 nitrogen and oxygen atoms in total. The highest BCUT2D eigenvalue weighted by molar-refractivity contribution is 5.98. The first kappa shape index (κ1) is 32.1. The summed E-state index contributed by atoms with van der Waals surface area (Å²) in [6, 6.07) is 29.0. The molecule has 1 atom stereocenters. The summed E-state index contributed by atoms with van der Waals surface area (Å²) in [6.07, 6.45) is 1.28. The number of benzene rings is 4. The Balaban J connectivity index is 1.31. The molecule has 0 unspecified atom stereocenters. The van der Waals surface area contributed by atoms with Crippen molar-refractivity contribution in [3.8, 4) is 22.9 Å². The number of fused-ring (bicyclic) bond motifs is 1. The van der Waals surface area contributed by atoms with E-state index in [4.69, 9.17) is 26.9 Å². The Labute approximate surface area is 278 Å². The molecule has 1 fully saturated rings. The highest BCUT2D eigenvalue weighted by atomic mass is 19.1. The third-order valence-electron chi connectivity index (χ3n) is 8.44. The number of guanidine groups is 1. The van der Waals surface area contributed by atoms with Crippen molar-refractivity contribution < 1.29 is 13.9 Å². The van der Waals surface area contributed by atoms with Crippen LogP contribution in [0.15, 0.2) is 114 Å². The molecule has 246 valence electrons. The van der Waals surface area contributed by atoms with Gasteiger partial charge in [-0.15, -0.1) is 0 Å². The van der Waals surface area contributed by atoms with Crippen LogP contribution in [0.3, 0.4) is 0 Å². The van der Waals surface area contributed by atoms with Crippen LogP contribution < -0.4 is 26.8 Å². The van der Waals surface area contributed by atoms with E-state index in [9.17, 15) is 9.18 Å². The molecular weight excluding hydrogens is 607 g/mol. The van der Waals surface area contributed by atoms with Gasteiger partial charge in [-0.2, -0.15) is 0 Å². The molecule has 1 aliphatic heterocycles. The standard InChI is InChI=1S/C37H39FN8O2/c1-25(39)33(11-6-18-42-37(40)41)46-34-17-12-27(36(47)45-21-19-44(20-22-45)29-15-13-28(38)14-16-29)24-32(34)43-35(46)26-7-5-10-31(23-26)48-30-8-3-2-4-9-30/h2-5,7-10,12-17,23-24,33H,1,6,11,18-22,39H2,(H4,40,41,42)/t33-/m0/s1. The van der Waals surface area contributed by atoms with Gasteiger partial charge in [-0.3, -0.25) is 9.79 Å². The molecule has 0 bridgehead atoms. The number of nitrogens with two attached hydrogens (primary N) is 3. The molecule has 0 saturated carbocycles. The number of aliphatic imine (C=N–C) groups is 1. The summed E-state index contributed by atoms with van der Waals surface area (Å²) in [6.45, 7) is 6.96. The monoisotopic (exact) mass is 646 g/mol. The lowest BCUT2D eigenvalue weighted by Crippen LogP contribution is -2.48. The van der Waals surface area contributed by atoms with Gasteiger partial charge in [0, 0.05) is 55.2 Å². The maximum absolute atomic E-state index is 13.7. The van der Waals surface area contributed by atoms with Gasteiger partial charge >= 0.3 is 0 Å². The highest BCUT2D eigenvalue weighted by Gasteiger charge is 2.26. The van der Waals surface area contributed by atoms with Crippen LogP contribution in [0.25, 0.3) is 22.4 Å². The molecule has 11 heteroatoms. The number of carbonyl (C=O) groups excluding carboxylic acids is 1. The van der Waals surface area contributed by atoms with E-state index in [0.29, 0.717) is 73.9 Å². The molecule has 5 aromatic rings. The Morgan fingerprint density at radius 2 is 1.62 bits per heavy atom. The van der Waals surface area contributed by atoms with Crippen molar-refractivity contribution in [2.24, 2.45) is 22.2 Å². The third kappa shape index (κ3) is 7.25. The van der Waals surface area contributed by atoms with E-state index in [-0.39, 0.29) is 23.7 Å². The molecule has 1 saturated heterocycles. The van der Waals surface area contributed by atoms with Gasteiger partial charge in [-0.05, 0) is 79.6 Å². The number of amides is 1. The molecule has 1 amide bonds. The molecule has 0 radical (unpaired) electrons. The Morgan fingerprint density at radius 3 is 2.33 bits per heavy atom. The molecule has 1 aromatic heterocycles. The average Bonchev–Trinajstić information content (AvgIpc) is 3.47. The Morgan fingerprint density at radius 1 is 0.896 bits per heavy atom. The maximum Gasteiger partial charge on any atom is 0.254 e. The van der Waals surface area contributed by atoms with Gasteiger partial charge < -0.3 is 36.3 Å². The molecule has 1 aliphatic rings. The number of rotatable bonds is 11. The minimum atomic E-state index is -0.320. The Hall–Kier alpha value is -5.84. The van der Waals surface area contributed by atoms with Crippen LogP contribution in [-0.4, -0.2) is 59.0 Å². The minimum absolute atomic E-state index is 0.0381. The second kappa shape index (κ2) is 14.3. The summed E-state index contributed by atoms with van der Waals surface area (Å²) in [5.41, 5.74) is 21.8. The third-order valence-corrected chi connectivity index (χ3v) is 8.44. The predicted molar refractivity (Wildman–Crippen MR) is 188 cm³/mol. The van der Waals surface area contributed by atoms with Gasteiger partial charge in [-0.1, -0.05) is 36.9 Å². The largest absolute Gasteiger partial charge is 0.457 e. The number of carbonyl (C=O) groups is 1. The maximum atomic E-state index is 13.7. The van der Waals surface area contributed by atoms with Crippen LogP contribution >= 0.6 is 0 Å². The van der Waals surface area contributed by atoms with Gasteiger partial charge in [0.2, 0.25) is 0 Å². The van der Waals surface area contributed by atoms with Gasteiger partial charge in [0.05, 0.1) is 17.1 Å². The van der Waals surface area contributed by atoms with E-state index in [1.807, 2.05) is 77.7 Å². The van der Waals surface area contributed by atoms with E-state index in [2.05, 4.69) is 21.0 Å². The summed E-state index contributed by atoms with van der Waals surface area (Å²) in [7, 11) is 0. The van der Waals surface area contributed by atoms with Crippen LogP contribution in [0.1, 0.15) is 29.2 Å². The summed E-state index contributed by atoms with van der Waals surface area (Å²) in [5.74, 6) is 1.74. The fourth-order valence-corrected chi connectivity index (χ4v) is 6.05. The number of piperazine rings is 1. The van der Waals surface area contributed by atoms with Gasteiger partial charge in [-0.25, -0.2) is 9.37 Å². The van der Waals surface area contributed by atoms with Crippen LogP contribution in [0, 0.1) is 5.82 Å². The van der Waals surface area contributed by atoms with Gasteiger partial charge in [0.1, 0.15) is 23.1 Å². The predicted octanol–water partition coefficient (Wildman–Crippen LogP) is 5.66. The smallest absolute Gasteiger partial charge is 0.254 e. The van der Waals surface area contributed by atoms with Crippen LogP contribution in [0.5, 0.6) is 11.5 Å². The van der Waals surface area contributed by atoms with Gasteiger partial charge in [0.15, 0.2) is 5.96 Å². The van der Waals surface area contributed by atoms with E-state index >= 15 is 0 Å². The van der Waals surface area contributed by atoms with Crippen molar-refractivity contribution in [3.05, 3.63) is 121 Å². The number of hydrogen-bond acceptors (Lipinski definition) is 6. The average molecular weight is 647 g/mol. The fraction of sp³-hybridized carbons (Fsp3) is 0.216. The minimum Gasteiger partial charge on any atom is -0.457 e. The highest BCUT2D eigenvalue weighted by Crippen LogP contribution is 2.35. The Kier molecular flexibility index (Phi) is 9.56. The summed E-state index contributed by atoms with van der Waals surface area (Å²) < 4.78 is 21.6. The zero-order valence-corrected chi connectivity index (χ0v) is 26.6. The van der Waals surface area contributed by atoms with Crippen molar-refractivity contribution in [2.45, 2.75) is 18.9 Å². The van der Waals surface area contributed by atoms with E-state index in [1.165, 1.54) is 12.1 Å². The molecule has 2 heterocycles.